The molecule has 0 aliphatic rings. The standard InChI is InChI=1S/C15H19NO4/c1-11(10-19-2)16-14(17)9-6-12-4-7-13(8-5-12)15(18)20-3/h4-9,11H,10H2,1-3H3,(H,16,17)/b9-6+. The zero-order valence-corrected chi connectivity index (χ0v) is 11.9. The van der Waals surface area contributed by atoms with Crippen LogP contribution in [0, 0.1) is 0 Å². The van der Waals surface area contributed by atoms with Crippen molar-refractivity contribution in [3.63, 3.8) is 0 Å². The topological polar surface area (TPSA) is 64.6 Å². The van der Waals surface area contributed by atoms with E-state index < -0.39 is 0 Å². The van der Waals surface area contributed by atoms with Crippen LogP contribution in [0.4, 0.5) is 0 Å². The molecule has 0 saturated heterocycles. The Morgan fingerprint density at radius 1 is 1.25 bits per heavy atom. The number of ether oxygens (including phenoxy) is 2. The van der Waals surface area contributed by atoms with E-state index in [1.54, 1.807) is 37.5 Å². The van der Waals surface area contributed by atoms with Crippen molar-refractivity contribution in [2.45, 2.75) is 13.0 Å². The van der Waals surface area contributed by atoms with Crippen molar-refractivity contribution >= 4 is 18.0 Å². The summed E-state index contributed by atoms with van der Waals surface area (Å²) in [6.45, 7) is 2.33. The van der Waals surface area contributed by atoms with Gasteiger partial charge in [-0.15, -0.1) is 0 Å². The zero-order chi connectivity index (χ0) is 15.0. The number of hydrogen-bond donors (Lipinski definition) is 1. The van der Waals surface area contributed by atoms with Crippen LogP contribution < -0.4 is 5.32 Å². The van der Waals surface area contributed by atoms with Gasteiger partial charge in [0.05, 0.1) is 19.3 Å². The minimum absolute atomic E-state index is 0.0427. The van der Waals surface area contributed by atoms with Crippen molar-refractivity contribution in [1.82, 2.24) is 5.32 Å². The van der Waals surface area contributed by atoms with Crippen LogP contribution in [0.3, 0.4) is 0 Å². The monoisotopic (exact) mass is 277 g/mol. The van der Waals surface area contributed by atoms with Gasteiger partial charge in [-0.2, -0.15) is 0 Å². The van der Waals surface area contributed by atoms with Crippen molar-refractivity contribution in [1.29, 1.82) is 0 Å². The average Bonchev–Trinajstić information content (AvgIpc) is 2.45. The van der Waals surface area contributed by atoms with Crippen molar-refractivity contribution < 1.29 is 19.1 Å². The van der Waals surface area contributed by atoms with Gasteiger partial charge in [0.2, 0.25) is 5.91 Å². The van der Waals surface area contributed by atoms with E-state index >= 15 is 0 Å². The number of esters is 1. The number of benzene rings is 1. The zero-order valence-electron chi connectivity index (χ0n) is 11.9. The van der Waals surface area contributed by atoms with Crippen LogP contribution in [0.25, 0.3) is 6.08 Å². The maximum Gasteiger partial charge on any atom is 0.337 e. The molecule has 108 valence electrons. The molecule has 1 N–H and O–H groups in total. The molecule has 1 aromatic carbocycles. The van der Waals surface area contributed by atoms with Gasteiger partial charge in [0.25, 0.3) is 0 Å². The lowest BCUT2D eigenvalue weighted by atomic mass is 10.1. The predicted molar refractivity (Wildman–Crippen MR) is 76.3 cm³/mol. The summed E-state index contributed by atoms with van der Waals surface area (Å²) < 4.78 is 9.54. The predicted octanol–water partition coefficient (Wildman–Crippen LogP) is 1.64. The quantitative estimate of drug-likeness (QED) is 0.634. The van der Waals surface area contributed by atoms with E-state index in [9.17, 15) is 9.59 Å². The number of rotatable bonds is 6. The molecular formula is C15H19NO4. The van der Waals surface area contributed by atoms with Gasteiger partial charge in [-0.25, -0.2) is 4.79 Å². The normalized spacial score (nSPS) is 12.2. The first-order valence-electron chi connectivity index (χ1n) is 6.22. The number of carbonyl (C=O) groups excluding carboxylic acids is 2. The van der Waals surface area contributed by atoms with Crippen LogP contribution in [0.5, 0.6) is 0 Å². The van der Waals surface area contributed by atoms with Crippen molar-refractivity contribution in [3.05, 3.63) is 41.5 Å². The molecular weight excluding hydrogens is 258 g/mol. The van der Waals surface area contributed by atoms with Crippen LogP contribution in [-0.2, 0) is 14.3 Å². The first kappa shape index (κ1) is 15.9. The fraction of sp³-hybridized carbons (Fsp3) is 0.333. The third-order valence-corrected chi connectivity index (χ3v) is 2.56. The molecule has 0 saturated carbocycles. The number of nitrogens with one attached hydrogen (secondary N) is 1. The number of amides is 1. The summed E-state index contributed by atoms with van der Waals surface area (Å²) in [5, 5.41) is 2.76. The molecule has 1 atom stereocenters. The summed E-state index contributed by atoms with van der Waals surface area (Å²) in [6.07, 6.45) is 3.12. The smallest absolute Gasteiger partial charge is 0.337 e. The lowest BCUT2D eigenvalue weighted by Crippen LogP contribution is -2.34. The highest BCUT2D eigenvalue weighted by Crippen LogP contribution is 2.07. The minimum atomic E-state index is -0.383. The summed E-state index contributed by atoms with van der Waals surface area (Å²) in [7, 11) is 2.92. The molecule has 5 nitrogen and oxygen atoms in total. The average molecular weight is 277 g/mol. The molecule has 0 spiro atoms. The highest BCUT2D eigenvalue weighted by atomic mass is 16.5. The number of hydrogen-bond acceptors (Lipinski definition) is 4. The molecule has 1 amide bonds. The van der Waals surface area contributed by atoms with Gasteiger partial charge in [0.1, 0.15) is 0 Å². The van der Waals surface area contributed by atoms with E-state index in [2.05, 4.69) is 10.1 Å². The van der Waals surface area contributed by atoms with Crippen molar-refractivity contribution in [2.24, 2.45) is 0 Å². The van der Waals surface area contributed by atoms with Crippen LogP contribution in [0.15, 0.2) is 30.3 Å². The Balaban J connectivity index is 2.57. The van der Waals surface area contributed by atoms with E-state index in [1.807, 2.05) is 6.92 Å². The van der Waals surface area contributed by atoms with Gasteiger partial charge in [0.15, 0.2) is 0 Å². The Hall–Kier alpha value is -2.14. The summed E-state index contributed by atoms with van der Waals surface area (Å²) in [5.74, 6) is -0.571. The van der Waals surface area contributed by atoms with E-state index in [1.165, 1.54) is 13.2 Å². The van der Waals surface area contributed by atoms with E-state index in [0.29, 0.717) is 12.2 Å². The maximum absolute atomic E-state index is 11.6. The molecule has 0 radical (unpaired) electrons. The van der Waals surface area contributed by atoms with Crippen molar-refractivity contribution in [2.75, 3.05) is 20.8 Å². The largest absolute Gasteiger partial charge is 0.465 e. The first-order chi connectivity index (χ1) is 9.56. The second-order valence-corrected chi connectivity index (χ2v) is 4.31. The summed E-state index contributed by atoms with van der Waals surface area (Å²) in [6, 6.07) is 6.75. The van der Waals surface area contributed by atoms with Crippen LogP contribution in [0.1, 0.15) is 22.8 Å². The Kier molecular flexibility index (Phi) is 6.46. The molecule has 1 rings (SSSR count). The third kappa shape index (κ3) is 5.24. The van der Waals surface area contributed by atoms with Gasteiger partial charge >= 0.3 is 5.97 Å². The number of methoxy groups -OCH3 is 2. The lowest BCUT2D eigenvalue weighted by molar-refractivity contribution is -0.117. The SMILES string of the molecule is COCC(C)NC(=O)/C=C/c1ccc(C(=O)OC)cc1. The van der Waals surface area contributed by atoms with E-state index in [0.717, 1.165) is 5.56 Å². The highest BCUT2D eigenvalue weighted by molar-refractivity contribution is 5.92. The second-order valence-electron chi connectivity index (χ2n) is 4.31. The Bertz CT molecular complexity index is 479. The van der Waals surface area contributed by atoms with Crippen LogP contribution >= 0.6 is 0 Å². The van der Waals surface area contributed by atoms with Crippen LogP contribution in [0.2, 0.25) is 0 Å². The summed E-state index contributed by atoms with van der Waals surface area (Å²) in [5.41, 5.74) is 1.30. The molecule has 1 unspecified atom stereocenters. The second kappa shape index (κ2) is 8.12. The van der Waals surface area contributed by atoms with Gasteiger partial charge in [-0.3, -0.25) is 4.79 Å². The molecule has 1 aromatic rings. The van der Waals surface area contributed by atoms with E-state index in [4.69, 9.17) is 4.74 Å². The van der Waals surface area contributed by atoms with Gasteiger partial charge in [0, 0.05) is 19.2 Å². The van der Waals surface area contributed by atoms with Gasteiger partial charge < -0.3 is 14.8 Å². The minimum Gasteiger partial charge on any atom is -0.465 e. The Morgan fingerprint density at radius 2 is 1.90 bits per heavy atom. The lowest BCUT2D eigenvalue weighted by Gasteiger charge is -2.10. The number of carbonyl (C=O) groups is 2. The molecule has 0 aliphatic heterocycles. The molecule has 0 fully saturated rings. The molecule has 0 aliphatic carbocycles. The summed E-state index contributed by atoms with van der Waals surface area (Å²) in [4.78, 5) is 22.9. The molecule has 0 heterocycles. The fourth-order valence-corrected chi connectivity index (χ4v) is 1.60. The molecule has 20 heavy (non-hydrogen) atoms. The van der Waals surface area contributed by atoms with Crippen LogP contribution in [-0.4, -0.2) is 38.7 Å². The first-order valence-corrected chi connectivity index (χ1v) is 6.22. The third-order valence-electron chi connectivity index (χ3n) is 2.56. The maximum atomic E-state index is 11.6. The highest BCUT2D eigenvalue weighted by Gasteiger charge is 2.05. The van der Waals surface area contributed by atoms with Gasteiger partial charge in [-0.05, 0) is 30.7 Å². The summed E-state index contributed by atoms with van der Waals surface area (Å²) >= 11 is 0. The Morgan fingerprint density at radius 3 is 2.45 bits per heavy atom. The molecule has 0 aromatic heterocycles. The van der Waals surface area contributed by atoms with Gasteiger partial charge in [-0.1, -0.05) is 12.1 Å². The van der Waals surface area contributed by atoms with E-state index in [-0.39, 0.29) is 17.9 Å². The Labute approximate surface area is 118 Å². The molecule has 5 heteroatoms. The van der Waals surface area contributed by atoms with Crippen molar-refractivity contribution in [3.8, 4) is 0 Å². The fourth-order valence-electron chi connectivity index (χ4n) is 1.60. The molecule has 0 bridgehead atoms.